The van der Waals surface area contributed by atoms with E-state index in [1.165, 1.54) is 68.7 Å². The molecule has 21 heteroatoms. The molecule has 95 heavy (non-hydrogen) atoms. The molecule has 2 aromatic heterocycles. The minimum atomic E-state index is -1.10. The number of carbonyl (C=O) groups excluding carboxylic acids is 3. The standard InChI is InChI=1S/C37H43ClN6O3.C29H37N5O.C8H8ClNO3/c1-22-6-12-26(13-7-22)44-34(21-33(42-44)37(2,3)4)41-36(46)40-25-10-8-23(9-11-25)16-24-17-27-14-15-28(18-24)43(27)35(45)29-19-30(38)31(39)20-32(29)47-5;1-19-5-13-25(14-6-19)34-27(18-26(33-34)29(2,3)4)32-28(35)31-22-9-7-20(8-10-22)15-21-16-23-11-12-24(17-21)30-23;1-13-7-3-6(10)5(9)2-4(7)8(11)12/h6-13,19-21,24,27-28H,14-18,39H2,1-5H3,(H2,40,41,46);5-10,13-14,18,21,23-24,30H,11-12,15-17H2,1-4H3,(H2,31,32,35);2-3H,10H2,1H3,(H,11,12). The Morgan fingerprint density at radius 1 is 0.547 bits per heavy atom. The molecule has 10 N–H and O–H groups in total. The number of nitrogen functional groups attached to an aromatic ring is 2. The second-order valence-corrected chi connectivity index (χ2v) is 28.5. The summed E-state index contributed by atoms with van der Waals surface area (Å²) in [6, 6.07) is 43.5. The Morgan fingerprint density at radius 2 is 0.937 bits per heavy atom. The molecule has 4 aliphatic heterocycles. The van der Waals surface area contributed by atoms with Gasteiger partial charge in [0.15, 0.2) is 0 Å². The van der Waals surface area contributed by atoms with Gasteiger partial charge in [0.2, 0.25) is 0 Å². The number of hydrogen-bond acceptors (Lipinski definition) is 11. The van der Waals surface area contributed by atoms with Gasteiger partial charge in [0.1, 0.15) is 28.7 Å². The number of methoxy groups -OCH3 is 2. The second-order valence-electron chi connectivity index (χ2n) is 27.6. The van der Waals surface area contributed by atoms with Crippen LogP contribution in [0.1, 0.15) is 147 Å². The van der Waals surface area contributed by atoms with Crippen molar-refractivity contribution < 1.29 is 33.8 Å². The van der Waals surface area contributed by atoms with Crippen molar-refractivity contribution in [1.29, 1.82) is 0 Å². The number of hydrogen-bond donors (Lipinski definition) is 8. The van der Waals surface area contributed by atoms with E-state index in [2.05, 4.69) is 99.3 Å². The summed E-state index contributed by atoms with van der Waals surface area (Å²) < 4.78 is 13.9. The van der Waals surface area contributed by atoms with Gasteiger partial charge in [0.25, 0.3) is 5.91 Å². The summed E-state index contributed by atoms with van der Waals surface area (Å²) in [5.74, 6) is 1.99. The number of aromatic nitrogens is 4. The molecule has 4 saturated heterocycles. The van der Waals surface area contributed by atoms with E-state index in [1.807, 2.05) is 96.8 Å². The molecule has 6 aromatic carbocycles. The molecule has 8 aromatic rings. The molecule has 6 heterocycles. The fourth-order valence-corrected chi connectivity index (χ4v) is 13.5. The molecule has 5 amide bonds. The molecule has 12 rings (SSSR count). The lowest BCUT2D eigenvalue weighted by Crippen LogP contribution is -2.47. The Morgan fingerprint density at radius 3 is 1.33 bits per heavy atom. The number of piperidine rings is 2. The van der Waals surface area contributed by atoms with Crippen molar-refractivity contribution in [2.45, 2.75) is 155 Å². The maximum atomic E-state index is 13.7. The molecule has 0 saturated carbocycles. The van der Waals surface area contributed by atoms with Crippen LogP contribution in [0.15, 0.2) is 133 Å². The largest absolute Gasteiger partial charge is 0.496 e. The molecule has 0 radical (unpaired) electrons. The quantitative estimate of drug-likeness (QED) is 0.0473. The van der Waals surface area contributed by atoms with Crippen LogP contribution in [-0.2, 0) is 23.7 Å². The van der Waals surface area contributed by atoms with Crippen LogP contribution in [-0.4, -0.2) is 91.9 Å². The lowest BCUT2D eigenvalue weighted by Gasteiger charge is -2.39. The first-order chi connectivity index (χ1) is 45.2. The van der Waals surface area contributed by atoms with E-state index >= 15 is 0 Å². The SMILES string of the molecule is COc1cc(N)c(Cl)cc1C(=O)N1C2CCC1CC(Cc1ccc(NC(=O)Nc3cc(C(C)(C)C)nn3-c3ccc(C)cc3)cc1)C2.COc1cc(N)c(Cl)cc1C(=O)O.Cc1ccc(-n2nc(C(C)(C)C)cc2NC(=O)Nc2ccc(CC3CC4CCC(C3)N4)cc2)cc1. The van der Waals surface area contributed by atoms with Crippen molar-refractivity contribution in [3.05, 3.63) is 188 Å². The van der Waals surface area contributed by atoms with Crippen molar-refractivity contribution in [3.63, 3.8) is 0 Å². The maximum absolute atomic E-state index is 13.7. The summed E-state index contributed by atoms with van der Waals surface area (Å²) in [4.78, 5) is 52.4. The second kappa shape index (κ2) is 29.3. The first kappa shape index (κ1) is 68.8. The minimum absolute atomic E-state index is 0.00157. The van der Waals surface area contributed by atoms with E-state index in [0.29, 0.717) is 51.0 Å². The van der Waals surface area contributed by atoms with Gasteiger partial charge in [-0.15, -0.1) is 0 Å². The number of benzene rings is 6. The van der Waals surface area contributed by atoms with E-state index in [9.17, 15) is 19.2 Å². The third-order valence-electron chi connectivity index (χ3n) is 18.2. The number of halogens is 2. The smallest absolute Gasteiger partial charge is 0.339 e. The number of nitrogens with zero attached hydrogens (tertiary/aromatic N) is 5. The molecule has 4 unspecified atom stereocenters. The first-order valence-electron chi connectivity index (χ1n) is 32.5. The molecule has 0 spiro atoms. The molecular weight excluding hydrogens is 1240 g/mol. The molecule has 19 nitrogen and oxygen atoms in total. The highest BCUT2D eigenvalue weighted by Crippen LogP contribution is 2.43. The van der Waals surface area contributed by atoms with Gasteiger partial charge in [-0.2, -0.15) is 10.2 Å². The Balaban J connectivity index is 0.000000179. The van der Waals surface area contributed by atoms with Crippen LogP contribution in [0.2, 0.25) is 10.0 Å². The van der Waals surface area contributed by atoms with Crippen molar-refractivity contribution in [3.8, 4) is 22.9 Å². The van der Waals surface area contributed by atoms with Gasteiger partial charge in [-0.1, -0.05) is 124 Å². The average Bonchev–Trinajstić information content (AvgIpc) is 1.71. The minimum Gasteiger partial charge on any atom is -0.496 e. The van der Waals surface area contributed by atoms with Crippen LogP contribution < -0.4 is 47.5 Å². The van der Waals surface area contributed by atoms with E-state index in [0.717, 1.165) is 90.5 Å². The zero-order valence-electron chi connectivity index (χ0n) is 55.8. The zero-order chi connectivity index (χ0) is 68.0. The van der Waals surface area contributed by atoms with Crippen molar-refractivity contribution in [1.82, 2.24) is 29.8 Å². The van der Waals surface area contributed by atoms with Gasteiger partial charge in [0, 0.05) is 70.6 Å². The monoisotopic (exact) mass is 1330 g/mol. The topological polar surface area (TPSA) is 258 Å². The van der Waals surface area contributed by atoms with Gasteiger partial charge < -0.3 is 46.9 Å². The number of nitrogens with two attached hydrogens (primary N) is 2. The Kier molecular flexibility index (Phi) is 21.2. The Labute approximate surface area is 566 Å². The summed E-state index contributed by atoms with van der Waals surface area (Å²) in [6.45, 7) is 16.8. The lowest BCUT2D eigenvalue weighted by atomic mass is 9.85. The number of ether oxygens (including phenoxy) is 2. The summed E-state index contributed by atoms with van der Waals surface area (Å²) >= 11 is 11.9. The van der Waals surface area contributed by atoms with Gasteiger partial charge in [0.05, 0.1) is 64.0 Å². The number of nitrogens with one attached hydrogen (secondary N) is 5. The van der Waals surface area contributed by atoms with Gasteiger partial charge in [-0.3, -0.25) is 15.4 Å². The predicted octanol–water partition coefficient (Wildman–Crippen LogP) is 15.8. The molecule has 4 fully saturated rings. The van der Waals surface area contributed by atoms with Crippen LogP contribution in [0.25, 0.3) is 11.4 Å². The van der Waals surface area contributed by atoms with Crippen molar-refractivity contribution >= 4 is 81.5 Å². The molecule has 4 atom stereocenters. The summed E-state index contributed by atoms with van der Waals surface area (Å²) in [7, 11) is 2.91. The van der Waals surface area contributed by atoms with Crippen molar-refractivity contribution in [2.75, 3.05) is 47.0 Å². The number of carboxylic acids is 1. The average molecular weight is 1330 g/mol. The number of aryl methyl sites for hydroxylation is 2. The summed E-state index contributed by atoms with van der Waals surface area (Å²) in [5.41, 5.74) is 22.2. The summed E-state index contributed by atoms with van der Waals surface area (Å²) in [5, 5.41) is 34.6. The molecule has 4 aliphatic rings. The van der Waals surface area contributed by atoms with E-state index < -0.39 is 5.97 Å². The van der Waals surface area contributed by atoms with Crippen LogP contribution in [0.5, 0.6) is 11.5 Å². The fourth-order valence-electron chi connectivity index (χ4n) is 13.2. The van der Waals surface area contributed by atoms with Crippen LogP contribution in [0.4, 0.5) is 44.0 Å². The van der Waals surface area contributed by atoms with Crippen LogP contribution in [0.3, 0.4) is 0 Å². The third-order valence-corrected chi connectivity index (χ3v) is 18.9. The van der Waals surface area contributed by atoms with Gasteiger partial charge in [-0.05, 0) is 162 Å². The number of rotatable bonds is 14. The molecule has 4 bridgehead atoms. The van der Waals surface area contributed by atoms with Crippen LogP contribution in [0, 0.1) is 25.7 Å². The highest BCUT2D eigenvalue weighted by atomic mass is 35.5. The first-order valence-corrected chi connectivity index (χ1v) is 33.2. The predicted molar refractivity (Wildman–Crippen MR) is 380 cm³/mol. The number of aromatic carboxylic acids is 1. The number of anilines is 6. The number of carboxylic acid groups (broad SMARTS) is 1. The number of urea groups is 2. The lowest BCUT2D eigenvalue weighted by molar-refractivity contribution is 0.0520. The highest BCUT2D eigenvalue weighted by Gasteiger charge is 2.44. The van der Waals surface area contributed by atoms with Gasteiger partial charge in [-0.25, -0.2) is 23.7 Å². The fraction of sp³-hybridized carbons (Fsp3) is 0.378. The molecular formula is C74H88Cl2N12O7. The normalized spacial score (nSPS) is 18.7. The van der Waals surface area contributed by atoms with Gasteiger partial charge >= 0.3 is 18.0 Å². The van der Waals surface area contributed by atoms with E-state index in [1.54, 1.807) is 21.5 Å². The third kappa shape index (κ3) is 17.1. The Hall–Kier alpha value is -9.04. The number of carbonyl (C=O) groups is 4. The maximum Gasteiger partial charge on any atom is 0.339 e. The van der Waals surface area contributed by atoms with Crippen molar-refractivity contribution in [2.24, 2.45) is 11.8 Å². The Bertz CT molecular complexity index is 4020. The van der Waals surface area contributed by atoms with E-state index in [4.69, 9.17) is 59.4 Å². The zero-order valence-corrected chi connectivity index (χ0v) is 57.3. The van der Waals surface area contributed by atoms with Crippen LogP contribution >= 0.6 is 23.2 Å². The summed E-state index contributed by atoms with van der Waals surface area (Å²) in [6.07, 6.45) is 11.1. The molecule has 0 aliphatic carbocycles. The van der Waals surface area contributed by atoms with E-state index in [-0.39, 0.29) is 57.2 Å². The molecule has 500 valence electrons. The number of fused-ring (bicyclic) bond motifs is 4. The highest BCUT2D eigenvalue weighted by molar-refractivity contribution is 6.34. The number of amides is 5.